The fourth-order valence-corrected chi connectivity index (χ4v) is 6.48. The van der Waals surface area contributed by atoms with Crippen molar-refractivity contribution in [3.8, 4) is 0 Å². The van der Waals surface area contributed by atoms with Gasteiger partial charge in [-0.2, -0.15) is 0 Å². The molecule has 0 aliphatic heterocycles. The Labute approximate surface area is 175 Å². The molecule has 0 heterocycles. The zero-order valence-corrected chi connectivity index (χ0v) is 18.1. The summed E-state index contributed by atoms with van der Waals surface area (Å²) < 4.78 is 0. The Morgan fingerprint density at radius 1 is 0.966 bits per heavy atom. The predicted octanol–water partition coefficient (Wildman–Crippen LogP) is 4.26. The summed E-state index contributed by atoms with van der Waals surface area (Å²) in [5.41, 5.74) is 1.01. The molecule has 1 aromatic carbocycles. The zero-order valence-electron chi connectivity index (χ0n) is 18.1. The number of carbonyl (C=O) groups is 2. The second kappa shape index (κ2) is 8.12. The highest BCUT2D eigenvalue weighted by Gasteiger charge is 2.55. The molecule has 0 saturated heterocycles. The van der Waals surface area contributed by atoms with Gasteiger partial charge in [0.1, 0.15) is 6.04 Å². The minimum absolute atomic E-state index is 0.0548. The van der Waals surface area contributed by atoms with Crippen LogP contribution >= 0.6 is 0 Å². The van der Waals surface area contributed by atoms with E-state index in [0.29, 0.717) is 6.54 Å². The molecule has 2 amide bonds. The molecule has 158 valence electrons. The highest BCUT2D eigenvalue weighted by atomic mass is 16.2. The van der Waals surface area contributed by atoms with Crippen molar-refractivity contribution >= 4 is 11.8 Å². The SMILES string of the molecule is CC(C)[C@H](NC(=O)C12CC3CC(CC(C3)C1)C2)C(=O)NC[C@@H](C)c1ccccc1. The van der Waals surface area contributed by atoms with Gasteiger partial charge in [-0.1, -0.05) is 51.1 Å². The van der Waals surface area contributed by atoms with Crippen molar-refractivity contribution in [2.75, 3.05) is 6.54 Å². The summed E-state index contributed by atoms with van der Waals surface area (Å²) in [6, 6.07) is 9.77. The van der Waals surface area contributed by atoms with Crippen LogP contribution in [0.25, 0.3) is 0 Å². The summed E-state index contributed by atoms with van der Waals surface area (Å²) >= 11 is 0. The predicted molar refractivity (Wildman–Crippen MR) is 115 cm³/mol. The quantitative estimate of drug-likeness (QED) is 0.723. The normalized spacial score (nSPS) is 32.1. The second-order valence-corrected chi connectivity index (χ2v) is 10.4. The molecule has 29 heavy (non-hydrogen) atoms. The molecule has 5 rings (SSSR count). The van der Waals surface area contributed by atoms with Crippen LogP contribution in [-0.4, -0.2) is 24.4 Å². The van der Waals surface area contributed by atoms with Crippen LogP contribution in [0.2, 0.25) is 0 Å². The topological polar surface area (TPSA) is 58.2 Å². The van der Waals surface area contributed by atoms with Crippen LogP contribution in [0, 0.1) is 29.1 Å². The van der Waals surface area contributed by atoms with Gasteiger partial charge in [0.15, 0.2) is 0 Å². The van der Waals surface area contributed by atoms with E-state index in [-0.39, 0.29) is 29.1 Å². The van der Waals surface area contributed by atoms with E-state index < -0.39 is 6.04 Å². The fraction of sp³-hybridized carbons (Fsp3) is 0.680. The zero-order chi connectivity index (χ0) is 20.6. The van der Waals surface area contributed by atoms with E-state index >= 15 is 0 Å². The number of benzene rings is 1. The van der Waals surface area contributed by atoms with Crippen molar-refractivity contribution in [3.05, 3.63) is 35.9 Å². The molecule has 0 spiro atoms. The third-order valence-corrected chi connectivity index (χ3v) is 7.71. The van der Waals surface area contributed by atoms with E-state index in [1.54, 1.807) is 0 Å². The lowest BCUT2D eigenvalue weighted by Crippen LogP contribution is -2.58. The maximum absolute atomic E-state index is 13.4. The van der Waals surface area contributed by atoms with Crippen molar-refractivity contribution in [1.82, 2.24) is 10.6 Å². The Kier molecular flexibility index (Phi) is 5.72. The maximum atomic E-state index is 13.4. The molecule has 4 heteroatoms. The van der Waals surface area contributed by atoms with Crippen LogP contribution in [0.15, 0.2) is 30.3 Å². The minimum Gasteiger partial charge on any atom is -0.354 e. The molecular formula is C25H36N2O2. The summed E-state index contributed by atoms with van der Waals surface area (Å²) in [6.45, 7) is 6.74. The van der Waals surface area contributed by atoms with Gasteiger partial charge in [-0.25, -0.2) is 0 Å². The van der Waals surface area contributed by atoms with Gasteiger partial charge in [-0.3, -0.25) is 9.59 Å². The average molecular weight is 397 g/mol. The molecule has 0 unspecified atom stereocenters. The monoisotopic (exact) mass is 396 g/mol. The molecule has 4 saturated carbocycles. The third-order valence-electron chi connectivity index (χ3n) is 7.71. The minimum atomic E-state index is -0.460. The molecule has 4 bridgehead atoms. The molecule has 4 fully saturated rings. The molecule has 1 aromatic rings. The molecule has 4 aliphatic carbocycles. The lowest BCUT2D eigenvalue weighted by atomic mass is 9.49. The maximum Gasteiger partial charge on any atom is 0.242 e. The van der Waals surface area contributed by atoms with Crippen LogP contribution in [-0.2, 0) is 9.59 Å². The van der Waals surface area contributed by atoms with Crippen molar-refractivity contribution < 1.29 is 9.59 Å². The molecule has 0 radical (unpaired) electrons. The Morgan fingerprint density at radius 3 is 2.03 bits per heavy atom. The number of nitrogens with one attached hydrogen (secondary N) is 2. The van der Waals surface area contributed by atoms with Crippen LogP contribution < -0.4 is 10.6 Å². The van der Waals surface area contributed by atoms with Gasteiger partial charge >= 0.3 is 0 Å². The van der Waals surface area contributed by atoms with Crippen LogP contribution in [0.1, 0.15) is 70.8 Å². The third kappa shape index (κ3) is 4.22. The van der Waals surface area contributed by atoms with E-state index in [9.17, 15) is 9.59 Å². The first-order valence-electron chi connectivity index (χ1n) is 11.5. The highest BCUT2D eigenvalue weighted by molar-refractivity contribution is 5.90. The van der Waals surface area contributed by atoms with E-state index in [2.05, 4.69) is 29.7 Å². The lowest BCUT2D eigenvalue weighted by Gasteiger charge is -2.55. The second-order valence-electron chi connectivity index (χ2n) is 10.4. The molecular weight excluding hydrogens is 360 g/mol. The first-order valence-corrected chi connectivity index (χ1v) is 11.5. The summed E-state index contributed by atoms with van der Waals surface area (Å²) in [4.78, 5) is 26.3. The first-order chi connectivity index (χ1) is 13.9. The van der Waals surface area contributed by atoms with Crippen molar-refractivity contribution in [2.24, 2.45) is 29.1 Å². The first kappa shape index (κ1) is 20.4. The number of amides is 2. The molecule has 2 atom stereocenters. The number of hydrogen-bond acceptors (Lipinski definition) is 2. The smallest absolute Gasteiger partial charge is 0.242 e. The fourth-order valence-electron chi connectivity index (χ4n) is 6.48. The number of hydrogen-bond donors (Lipinski definition) is 2. The van der Waals surface area contributed by atoms with Gasteiger partial charge in [0.25, 0.3) is 0 Å². The molecule has 0 aromatic heterocycles. The standard InChI is InChI=1S/C25H36N2O2/c1-16(2)22(23(28)26-15-17(3)21-7-5-4-6-8-21)27-24(29)25-12-18-9-19(13-25)11-20(10-18)14-25/h4-8,16-20,22H,9-15H2,1-3H3,(H,26,28)(H,27,29)/t17-,18?,19?,20?,22+,25?/m1/s1. The van der Waals surface area contributed by atoms with Gasteiger partial charge in [0, 0.05) is 12.0 Å². The van der Waals surface area contributed by atoms with Crippen molar-refractivity contribution in [3.63, 3.8) is 0 Å². The highest BCUT2D eigenvalue weighted by Crippen LogP contribution is 2.60. The van der Waals surface area contributed by atoms with E-state index in [0.717, 1.165) is 37.0 Å². The lowest BCUT2D eigenvalue weighted by molar-refractivity contribution is -0.149. The number of rotatable bonds is 7. The number of carbonyl (C=O) groups excluding carboxylic acids is 2. The van der Waals surface area contributed by atoms with Gasteiger partial charge in [-0.05, 0) is 73.7 Å². The summed E-state index contributed by atoms with van der Waals surface area (Å²) in [6.07, 6.45) is 7.04. The average Bonchev–Trinajstić information content (AvgIpc) is 2.69. The van der Waals surface area contributed by atoms with E-state index in [1.165, 1.54) is 24.8 Å². The van der Waals surface area contributed by atoms with E-state index in [4.69, 9.17) is 0 Å². The summed E-state index contributed by atoms with van der Waals surface area (Å²) in [7, 11) is 0. The Morgan fingerprint density at radius 2 is 1.52 bits per heavy atom. The van der Waals surface area contributed by atoms with Gasteiger partial charge in [0.05, 0.1) is 0 Å². The summed E-state index contributed by atoms with van der Waals surface area (Å²) in [5.74, 6) is 2.58. The van der Waals surface area contributed by atoms with Crippen LogP contribution in [0.3, 0.4) is 0 Å². The van der Waals surface area contributed by atoms with Gasteiger partial charge < -0.3 is 10.6 Å². The molecule has 4 nitrogen and oxygen atoms in total. The van der Waals surface area contributed by atoms with Crippen molar-refractivity contribution in [2.45, 2.75) is 71.3 Å². The van der Waals surface area contributed by atoms with Gasteiger partial charge in [-0.15, -0.1) is 0 Å². The molecule has 2 N–H and O–H groups in total. The van der Waals surface area contributed by atoms with Crippen LogP contribution in [0.5, 0.6) is 0 Å². The van der Waals surface area contributed by atoms with E-state index in [1.807, 2.05) is 32.0 Å². The summed E-state index contributed by atoms with van der Waals surface area (Å²) in [5, 5.41) is 6.27. The van der Waals surface area contributed by atoms with Crippen molar-refractivity contribution in [1.29, 1.82) is 0 Å². The Bertz CT molecular complexity index is 707. The Balaban J connectivity index is 1.37. The Hall–Kier alpha value is -1.84. The van der Waals surface area contributed by atoms with Crippen LogP contribution in [0.4, 0.5) is 0 Å². The largest absolute Gasteiger partial charge is 0.354 e. The molecule has 4 aliphatic rings. The van der Waals surface area contributed by atoms with Gasteiger partial charge in [0.2, 0.25) is 11.8 Å².